The number of benzene rings is 3. The van der Waals surface area contributed by atoms with Crippen LogP contribution in [0, 0.1) is 0 Å². The zero-order chi connectivity index (χ0) is 24.6. The summed E-state index contributed by atoms with van der Waals surface area (Å²) >= 11 is 2.79. The van der Waals surface area contributed by atoms with Crippen LogP contribution in [-0.2, 0) is 0 Å². The molecule has 0 unspecified atom stereocenters. The molecule has 0 bridgehead atoms. The highest BCUT2D eigenvalue weighted by Crippen LogP contribution is 2.33. The van der Waals surface area contributed by atoms with Crippen LogP contribution in [0.2, 0.25) is 0 Å². The molecule has 176 valence electrons. The maximum Gasteiger partial charge on any atom is 0.268 e. The lowest BCUT2D eigenvalue weighted by molar-refractivity contribution is 0.0664. The zero-order valence-corrected chi connectivity index (χ0v) is 20.6. The van der Waals surface area contributed by atoms with Crippen molar-refractivity contribution in [1.82, 2.24) is 14.5 Å². The molecule has 3 heterocycles. The van der Waals surface area contributed by atoms with Gasteiger partial charge in [0, 0.05) is 23.2 Å². The van der Waals surface area contributed by atoms with Crippen LogP contribution in [0.15, 0.2) is 100 Å². The number of carbonyl (C=O) groups is 2. The van der Waals surface area contributed by atoms with Crippen molar-refractivity contribution in [1.29, 1.82) is 0 Å². The van der Waals surface area contributed by atoms with Crippen molar-refractivity contribution < 1.29 is 9.59 Å². The number of carbonyl (C=O) groups excluding carboxylic acids is 2. The van der Waals surface area contributed by atoms with Gasteiger partial charge >= 0.3 is 0 Å². The summed E-state index contributed by atoms with van der Waals surface area (Å²) in [6.07, 6.45) is 0. The lowest BCUT2D eigenvalue weighted by atomic mass is 10.1. The number of thioether (sulfide) groups is 1. The Balaban J connectivity index is 1.36. The SMILES string of the molecule is O=C1c2ccccc2C(=O)N1CCSc1nc2scc(-c3ccccc3)c2c(=O)n1-c1ccccc1. The standard InChI is InChI=1S/C28H19N3O3S2/c32-25-20-13-7-8-14-21(20)26(33)30(25)15-16-35-28-29-24-23(22(17-36-24)18-9-3-1-4-10-18)27(34)31(28)19-11-5-2-6-12-19/h1-14,17H,15-16H2. The number of nitrogens with zero attached hydrogens (tertiary/aromatic N) is 3. The molecule has 0 saturated carbocycles. The van der Waals surface area contributed by atoms with E-state index in [1.54, 1.807) is 28.8 Å². The Morgan fingerprint density at radius 1 is 0.750 bits per heavy atom. The summed E-state index contributed by atoms with van der Waals surface area (Å²) < 4.78 is 1.62. The Bertz CT molecular complexity index is 1640. The Kier molecular flexibility index (Phi) is 5.75. The topological polar surface area (TPSA) is 72.3 Å². The smallest absolute Gasteiger partial charge is 0.268 e. The average Bonchev–Trinajstić information content (AvgIpc) is 3.45. The number of aromatic nitrogens is 2. The molecule has 1 aliphatic rings. The number of imide groups is 1. The van der Waals surface area contributed by atoms with Crippen molar-refractivity contribution in [2.45, 2.75) is 5.16 Å². The van der Waals surface area contributed by atoms with Gasteiger partial charge < -0.3 is 0 Å². The quantitative estimate of drug-likeness (QED) is 0.172. The van der Waals surface area contributed by atoms with E-state index in [-0.39, 0.29) is 23.9 Å². The van der Waals surface area contributed by atoms with Gasteiger partial charge in [0.1, 0.15) is 4.83 Å². The molecule has 2 aromatic heterocycles. The summed E-state index contributed by atoms with van der Waals surface area (Å²) in [5, 5.41) is 3.08. The van der Waals surface area contributed by atoms with Gasteiger partial charge in [0.15, 0.2) is 5.16 Å². The first kappa shape index (κ1) is 22.5. The van der Waals surface area contributed by atoms with E-state index in [0.717, 1.165) is 11.1 Å². The van der Waals surface area contributed by atoms with Crippen molar-refractivity contribution in [3.63, 3.8) is 0 Å². The molecule has 0 spiro atoms. The van der Waals surface area contributed by atoms with Crippen LogP contribution in [0.3, 0.4) is 0 Å². The minimum atomic E-state index is -0.286. The number of para-hydroxylation sites is 1. The summed E-state index contributed by atoms with van der Waals surface area (Å²) in [5.41, 5.74) is 3.26. The summed E-state index contributed by atoms with van der Waals surface area (Å²) in [4.78, 5) is 46.1. The van der Waals surface area contributed by atoms with E-state index < -0.39 is 0 Å². The highest BCUT2D eigenvalue weighted by molar-refractivity contribution is 7.99. The second-order valence-electron chi connectivity index (χ2n) is 8.22. The molecular weight excluding hydrogens is 490 g/mol. The molecule has 0 radical (unpaired) electrons. The second kappa shape index (κ2) is 9.22. The number of hydrogen-bond acceptors (Lipinski definition) is 6. The van der Waals surface area contributed by atoms with Crippen molar-refractivity contribution >= 4 is 45.1 Å². The molecule has 0 fully saturated rings. The second-order valence-corrected chi connectivity index (χ2v) is 10.1. The van der Waals surface area contributed by atoms with Gasteiger partial charge in [-0.2, -0.15) is 0 Å². The minimum absolute atomic E-state index is 0.144. The first-order valence-corrected chi connectivity index (χ1v) is 13.2. The van der Waals surface area contributed by atoms with Gasteiger partial charge in [-0.25, -0.2) is 4.98 Å². The fraction of sp³-hybridized carbons (Fsp3) is 0.0714. The van der Waals surface area contributed by atoms with E-state index in [1.807, 2.05) is 66.0 Å². The molecule has 6 rings (SSSR count). The molecule has 0 N–H and O–H groups in total. The molecular formula is C28H19N3O3S2. The van der Waals surface area contributed by atoms with Gasteiger partial charge in [-0.1, -0.05) is 72.4 Å². The van der Waals surface area contributed by atoms with E-state index in [4.69, 9.17) is 4.98 Å². The number of fused-ring (bicyclic) bond motifs is 2. The Morgan fingerprint density at radius 3 is 2.03 bits per heavy atom. The van der Waals surface area contributed by atoms with Crippen LogP contribution < -0.4 is 5.56 Å². The molecule has 6 nitrogen and oxygen atoms in total. The van der Waals surface area contributed by atoms with E-state index in [0.29, 0.717) is 37.9 Å². The molecule has 0 aliphatic carbocycles. The third kappa shape index (κ3) is 3.75. The summed E-state index contributed by atoms with van der Waals surface area (Å²) in [6.45, 7) is 0.222. The Hall–Kier alpha value is -4.01. The predicted molar refractivity (Wildman–Crippen MR) is 143 cm³/mol. The highest BCUT2D eigenvalue weighted by Gasteiger charge is 2.34. The zero-order valence-electron chi connectivity index (χ0n) is 19.0. The maximum absolute atomic E-state index is 13.9. The van der Waals surface area contributed by atoms with E-state index in [1.165, 1.54) is 28.0 Å². The summed E-state index contributed by atoms with van der Waals surface area (Å²) in [5.74, 6) is -0.163. The van der Waals surface area contributed by atoms with Crippen LogP contribution in [-0.4, -0.2) is 38.6 Å². The molecule has 5 aromatic rings. The monoisotopic (exact) mass is 509 g/mol. The fourth-order valence-electron chi connectivity index (χ4n) is 4.37. The lowest BCUT2D eigenvalue weighted by Crippen LogP contribution is -2.32. The van der Waals surface area contributed by atoms with Gasteiger partial charge in [0.05, 0.1) is 22.2 Å². The van der Waals surface area contributed by atoms with E-state index in [9.17, 15) is 14.4 Å². The maximum atomic E-state index is 13.9. The van der Waals surface area contributed by atoms with Gasteiger partial charge in [0.2, 0.25) is 0 Å². The summed E-state index contributed by atoms with van der Waals surface area (Å²) in [7, 11) is 0. The van der Waals surface area contributed by atoms with Crippen molar-refractivity contribution in [2.24, 2.45) is 0 Å². The van der Waals surface area contributed by atoms with Crippen LogP contribution in [0.5, 0.6) is 0 Å². The van der Waals surface area contributed by atoms with Crippen LogP contribution in [0.1, 0.15) is 20.7 Å². The first-order valence-electron chi connectivity index (χ1n) is 11.4. The molecule has 1 aliphatic heterocycles. The predicted octanol–water partition coefficient (Wildman–Crippen LogP) is 5.50. The van der Waals surface area contributed by atoms with Gasteiger partial charge in [-0.15, -0.1) is 11.3 Å². The van der Waals surface area contributed by atoms with Crippen molar-refractivity contribution in [2.75, 3.05) is 12.3 Å². The van der Waals surface area contributed by atoms with Gasteiger partial charge in [-0.3, -0.25) is 23.9 Å². The third-order valence-electron chi connectivity index (χ3n) is 6.10. The molecule has 36 heavy (non-hydrogen) atoms. The third-order valence-corrected chi connectivity index (χ3v) is 7.89. The normalized spacial score (nSPS) is 12.9. The van der Waals surface area contributed by atoms with E-state index >= 15 is 0 Å². The van der Waals surface area contributed by atoms with Crippen molar-refractivity contribution in [3.8, 4) is 16.8 Å². The van der Waals surface area contributed by atoms with Gasteiger partial charge in [-0.05, 0) is 29.8 Å². The minimum Gasteiger partial charge on any atom is -0.273 e. The average molecular weight is 510 g/mol. The fourth-order valence-corrected chi connectivity index (χ4v) is 6.30. The number of hydrogen-bond donors (Lipinski definition) is 0. The van der Waals surface area contributed by atoms with Gasteiger partial charge in [0.25, 0.3) is 17.4 Å². The number of amides is 2. The first-order chi connectivity index (χ1) is 17.6. The number of thiophene rings is 1. The van der Waals surface area contributed by atoms with Crippen LogP contribution in [0.25, 0.3) is 27.0 Å². The molecule has 8 heteroatoms. The van der Waals surface area contributed by atoms with E-state index in [2.05, 4.69) is 0 Å². The molecule has 0 saturated heterocycles. The molecule has 3 aromatic carbocycles. The largest absolute Gasteiger partial charge is 0.273 e. The Labute approximate surface area is 214 Å². The number of rotatable bonds is 6. The summed E-state index contributed by atoms with van der Waals surface area (Å²) in [6, 6.07) is 26.1. The Morgan fingerprint density at radius 2 is 1.36 bits per heavy atom. The molecule has 2 amide bonds. The highest BCUT2D eigenvalue weighted by atomic mass is 32.2. The lowest BCUT2D eigenvalue weighted by Gasteiger charge is -2.15. The van der Waals surface area contributed by atoms with Crippen LogP contribution >= 0.6 is 23.1 Å². The molecule has 0 atom stereocenters. The van der Waals surface area contributed by atoms with Crippen molar-refractivity contribution in [3.05, 3.63) is 112 Å². The van der Waals surface area contributed by atoms with Crippen LogP contribution in [0.4, 0.5) is 0 Å².